The van der Waals surface area contributed by atoms with Gasteiger partial charge in [0.2, 0.25) is 0 Å². The standard InChI is InChI=1S/C33H36N4O5/c1-21-30(18-37-15-5-8-26(37)20-39)41-33(42-31(21)23-13-11-22(19-38)12-14-23)24-6-4-7-25(16-24)35-32(40)29-17-34-27-9-2-3-10-28(27)36-29/h2-4,6-7,9-14,16-17,21,26,30-31,33,38-39H,5,8,15,18-20H2,1H3,(H,35,40)/t21-,26+,30+,31+,33+/m1/s1. The van der Waals surface area contributed by atoms with Crippen molar-refractivity contribution >= 4 is 22.6 Å². The highest BCUT2D eigenvalue weighted by molar-refractivity contribution is 6.03. The smallest absolute Gasteiger partial charge is 0.275 e. The van der Waals surface area contributed by atoms with E-state index in [2.05, 4.69) is 27.1 Å². The molecule has 9 nitrogen and oxygen atoms in total. The fraction of sp³-hybridized carbons (Fsp3) is 0.364. The second-order valence-corrected chi connectivity index (χ2v) is 11.1. The van der Waals surface area contributed by atoms with Crippen molar-refractivity contribution in [3.63, 3.8) is 0 Å². The fourth-order valence-electron chi connectivity index (χ4n) is 5.93. The molecule has 1 amide bonds. The molecule has 2 aliphatic rings. The molecule has 0 unspecified atom stereocenters. The molecule has 42 heavy (non-hydrogen) atoms. The van der Waals surface area contributed by atoms with Crippen molar-refractivity contribution in [1.29, 1.82) is 0 Å². The van der Waals surface area contributed by atoms with Crippen molar-refractivity contribution in [2.75, 3.05) is 25.0 Å². The third kappa shape index (κ3) is 6.06. The summed E-state index contributed by atoms with van der Waals surface area (Å²) < 4.78 is 13.2. The lowest BCUT2D eigenvalue weighted by molar-refractivity contribution is -0.276. The highest BCUT2D eigenvalue weighted by Crippen LogP contribution is 2.42. The Kier molecular flexibility index (Phi) is 8.55. The summed E-state index contributed by atoms with van der Waals surface area (Å²) in [7, 11) is 0. The zero-order chi connectivity index (χ0) is 29.1. The minimum absolute atomic E-state index is 0.0173. The summed E-state index contributed by atoms with van der Waals surface area (Å²) in [6.07, 6.45) is 2.45. The van der Waals surface area contributed by atoms with E-state index in [1.807, 2.05) is 72.8 Å². The van der Waals surface area contributed by atoms with Crippen LogP contribution in [0.25, 0.3) is 11.0 Å². The lowest BCUT2D eigenvalue weighted by atomic mass is 9.90. The molecule has 4 aromatic rings. The Morgan fingerprint density at radius 3 is 2.60 bits per heavy atom. The minimum atomic E-state index is -0.666. The number of aromatic nitrogens is 2. The molecule has 3 N–H and O–H groups in total. The SMILES string of the molecule is C[C@@H]1[C@H](CN2CCC[C@H]2CO)O[C@H](c2cccc(NC(=O)c3cnc4ccccc4n3)c2)O[C@@H]1c1ccc(CO)cc1. The number of anilines is 1. The van der Waals surface area contributed by atoms with Crippen molar-refractivity contribution < 1.29 is 24.5 Å². The number of nitrogens with one attached hydrogen (secondary N) is 1. The second kappa shape index (κ2) is 12.6. The molecule has 218 valence electrons. The molecular formula is C33H36N4O5. The number of para-hydroxylation sites is 2. The molecule has 1 aromatic heterocycles. The number of benzene rings is 3. The molecule has 3 heterocycles. The summed E-state index contributed by atoms with van der Waals surface area (Å²) >= 11 is 0. The van der Waals surface area contributed by atoms with Crippen LogP contribution in [0.5, 0.6) is 0 Å². The van der Waals surface area contributed by atoms with Gasteiger partial charge in [0.15, 0.2) is 6.29 Å². The van der Waals surface area contributed by atoms with Gasteiger partial charge in [-0.2, -0.15) is 0 Å². The number of hydrogen-bond donors (Lipinski definition) is 3. The first-order valence-corrected chi connectivity index (χ1v) is 14.5. The van der Waals surface area contributed by atoms with Gasteiger partial charge in [0.25, 0.3) is 5.91 Å². The lowest BCUT2D eigenvalue weighted by Gasteiger charge is -2.43. The second-order valence-electron chi connectivity index (χ2n) is 11.1. The Morgan fingerprint density at radius 2 is 1.81 bits per heavy atom. The highest BCUT2D eigenvalue weighted by atomic mass is 16.7. The van der Waals surface area contributed by atoms with Crippen LogP contribution >= 0.6 is 0 Å². The third-order valence-electron chi connectivity index (χ3n) is 8.35. The first-order valence-electron chi connectivity index (χ1n) is 14.5. The number of rotatable bonds is 8. The Labute approximate surface area is 245 Å². The Bertz CT molecular complexity index is 1530. The summed E-state index contributed by atoms with van der Waals surface area (Å²) in [4.78, 5) is 24.2. The van der Waals surface area contributed by atoms with Crippen LogP contribution in [0.2, 0.25) is 0 Å². The molecule has 9 heteroatoms. The molecule has 0 spiro atoms. The molecule has 0 saturated carbocycles. The number of aliphatic hydroxyl groups is 2. The van der Waals surface area contributed by atoms with E-state index >= 15 is 0 Å². The Hall–Kier alpha value is -3.73. The van der Waals surface area contributed by atoms with Crippen LogP contribution in [-0.2, 0) is 16.1 Å². The van der Waals surface area contributed by atoms with Gasteiger partial charge in [0.1, 0.15) is 5.69 Å². The van der Waals surface area contributed by atoms with E-state index in [1.165, 1.54) is 6.20 Å². The first kappa shape index (κ1) is 28.4. The van der Waals surface area contributed by atoms with Crippen molar-refractivity contribution in [1.82, 2.24) is 14.9 Å². The summed E-state index contributed by atoms with van der Waals surface area (Å²) in [5.41, 5.74) is 4.85. The fourth-order valence-corrected chi connectivity index (χ4v) is 5.93. The Morgan fingerprint density at radius 1 is 1.00 bits per heavy atom. The molecule has 6 rings (SSSR count). The van der Waals surface area contributed by atoms with Gasteiger partial charge in [0.05, 0.1) is 42.7 Å². The molecule has 0 bridgehead atoms. The van der Waals surface area contributed by atoms with Crippen LogP contribution in [0.15, 0.2) is 79.0 Å². The summed E-state index contributed by atoms with van der Waals surface area (Å²) in [6.45, 7) is 3.87. The van der Waals surface area contributed by atoms with Crippen LogP contribution in [0, 0.1) is 5.92 Å². The average Bonchev–Trinajstić information content (AvgIpc) is 3.49. The van der Waals surface area contributed by atoms with Gasteiger partial charge >= 0.3 is 0 Å². The number of nitrogens with zero attached hydrogens (tertiary/aromatic N) is 3. The van der Waals surface area contributed by atoms with Gasteiger partial charge in [-0.1, -0.05) is 55.5 Å². The van der Waals surface area contributed by atoms with E-state index < -0.39 is 6.29 Å². The molecule has 2 fully saturated rings. The molecule has 5 atom stereocenters. The average molecular weight is 569 g/mol. The number of carbonyl (C=O) groups is 1. The zero-order valence-electron chi connectivity index (χ0n) is 23.6. The van der Waals surface area contributed by atoms with Crippen LogP contribution in [-0.4, -0.2) is 62.8 Å². The first-order chi connectivity index (χ1) is 20.5. The topological polar surface area (TPSA) is 117 Å². The quantitative estimate of drug-likeness (QED) is 0.282. The normalized spacial score (nSPS) is 24.6. The molecule has 3 aromatic carbocycles. The molecule has 0 aliphatic carbocycles. The van der Waals surface area contributed by atoms with Crippen molar-refractivity contribution in [3.05, 3.63) is 101 Å². The number of aliphatic hydroxyl groups excluding tert-OH is 2. The number of likely N-dealkylation sites (tertiary alicyclic amines) is 1. The third-order valence-corrected chi connectivity index (χ3v) is 8.35. The number of ether oxygens (including phenoxy) is 2. The summed E-state index contributed by atoms with van der Waals surface area (Å²) in [6, 6.07) is 22.9. The molecular weight excluding hydrogens is 532 g/mol. The van der Waals surface area contributed by atoms with E-state index in [0.29, 0.717) is 17.7 Å². The van der Waals surface area contributed by atoms with Crippen molar-refractivity contribution in [3.8, 4) is 0 Å². The van der Waals surface area contributed by atoms with Crippen molar-refractivity contribution in [2.45, 2.75) is 50.9 Å². The van der Waals surface area contributed by atoms with Gasteiger partial charge in [0, 0.05) is 29.8 Å². The highest BCUT2D eigenvalue weighted by Gasteiger charge is 2.40. The van der Waals surface area contributed by atoms with Crippen LogP contribution in [0.1, 0.15) is 59.3 Å². The van der Waals surface area contributed by atoms with E-state index in [9.17, 15) is 15.0 Å². The zero-order valence-corrected chi connectivity index (χ0v) is 23.6. The van der Waals surface area contributed by atoms with E-state index in [4.69, 9.17) is 9.47 Å². The van der Waals surface area contributed by atoms with Gasteiger partial charge in [-0.05, 0) is 54.8 Å². The number of carbonyl (C=O) groups excluding carboxylic acids is 1. The minimum Gasteiger partial charge on any atom is -0.395 e. The summed E-state index contributed by atoms with van der Waals surface area (Å²) in [5.74, 6) is -0.316. The van der Waals surface area contributed by atoms with Crippen molar-refractivity contribution in [2.24, 2.45) is 5.92 Å². The lowest BCUT2D eigenvalue weighted by Crippen LogP contribution is -2.46. The predicted molar refractivity (Wildman–Crippen MR) is 159 cm³/mol. The maximum atomic E-state index is 13.1. The van der Waals surface area contributed by atoms with Gasteiger partial charge < -0.3 is 25.0 Å². The number of hydrogen-bond acceptors (Lipinski definition) is 8. The van der Waals surface area contributed by atoms with E-state index in [-0.39, 0.29) is 49.0 Å². The predicted octanol–water partition coefficient (Wildman–Crippen LogP) is 4.62. The number of fused-ring (bicyclic) bond motifs is 1. The Balaban J connectivity index is 1.24. The van der Waals surface area contributed by atoms with Crippen LogP contribution in [0.4, 0.5) is 5.69 Å². The van der Waals surface area contributed by atoms with Gasteiger partial charge in [-0.3, -0.25) is 14.7 Å². The van der Waals surface area contributed by atoms with E-state index in [1.54, 1.807) is 0 Å². The van der Waals surface area contributed by atoms with Crippen LogP contribution < -0.4 is 5.32 Å². The number of amides is 1. The molecule has 2 saturated heterocycles. The maximum Gasteiger partial charge on any atom is 0.275 e. The summed E-state index contributed by atoms with van der Waals surface area (Å²) in [5, 5.41) is 22.4. The largest absolute Gasteiger partial charge is 0.395 e. The monoisotopic (exact) mass is 568 g/mol. The molecule has 0 radical (unpaired) electrons. The van der Waals surface area contributed by atoms with Crippen LogP contribution in [0.3, 0.4) is 0 Å². The van der Waals surface area contributed by atoms with Gasteiger partial charge in [-0.25, -0.2) is 4.98 Å². The van der Waals surface area contributed by atoms with E-state index in [0.717, 1.165) is 41.6 Å². The van der Waals surface area contributed by atoms with Gasteiger partial charge in [-0.15, -0.1) is 0 Å². The maximum absolute atomic E-state index is 13.1. The molecule has 2 aliphatic heterocycles.